The maximum Gasteiger partial charge on any atom is 0.333 e. The summed E-state index contributed by atoms with van der Waals surface area (Å²) in [5, 5.41) is 3.16. The van der Waals surface area contributed by atoms with Crippen LogP contribution in [0.5, 0.6) is 0 Å². The van der Waals surface area contributed by atoms with E-state index in [0.717, 1.165) is 0 Å². The Morgan fingerprint density at radius 1 is 1.53 bits per heavy atom. The second kappa shape index (κ2) is 7.18. The summed E-state index contributed by atoms with van der Waals surface area (Å²) in [6.07, 6.45) is 1.25. The molecule has 1 aliphatic rings. The summed E-state index contributed by atoms with van der Waals surface area (Å²) in [6, 6.07) is 0.00958. The quantitative estimate of drug-likeness (QED) is 0.588. The van der Waals surface area contributed by atoms with Crippen molar-refractivity contribution >= 4 is 29.5 Å². The summed E-state index contributed by atoms with van der Waals surface area (Å²) in [5.74, 6) is -0.700. The first kappa shape index (κ1) is 15.6. The van der Waals surface area contributed by atoms with E-state index in [1.54, 1.807) is 6.92 Å². The summed E-state index contributed by atoms with van der Waals surface area (Å²) in [7, 11) is 0. The zero-order valence-electron chi connectivity index (χ0n) is 11.3. The fourth-order valence-electron chi connectivity index (χ4n) is 1.50. The van der Waals surface area contributed by atoms with Gasteiger partial charge in [0, 0.05) is 6.04 Å². The van der Waals surface area contributed by atoms with E-state index in [1.165, 1.54) is 22.7 Å². The number of hydrogen-bond acceptors (Lipinski definition) is 5. The number of ether oxygens (including phenoxy) is 1. The van der Waals surface area contributed by atoms with Crippen molar-refractivity contribution < 1.29 is 19.1 Å². The first-order valence-corrected chi connectivity index (χ1v) is 7.03. The molecule has 0 aromatic carbocycles. The van der Waals surface area contributed by atoms with Gasteiger partial charge in [0.15, 0.2) is 0 Å². The van der Waals surface area contributed by atoms with Crippen molar-refractivity contribution in [1.82, 2.24) is 10.2 Å². The minimum atomic E-state index is -0.506. The molecular formula is C12H18N2O4S. The van der Waals surface area contributed by atoms with Gasteiger partial charge < -0.3 is 10.1 Å². The van der Waals surface area contributed by atoms with Crippen LogP contribution in [0.3, 0.4) is 0 Å². The molecular weight excluding hydrogens is 268 g/mol. The van der Waals surface area contributed by atoms with E-state index in [1.807, 2.05) is 13.8 Å². The molecule has 2 amide bonds. The van der Waals surface area contributed by atoms with Gasteiger partial charge in [-0.3, -0.25) is 14.5 Å². The Labute approximate surface area is 116 Å². The van der Waals surface area contributed by atoms with E-state index < -0.39 is 5.97 Å². The highest BCUT2D eigenvalue weighted by Crippen LogP contribution is 2.28. The summed E-state index contributed by atoms with van der Waals surface area (Å²) in [4.78, 5) is 36.0. The summed E-state index contributed by atoms with van der Waals surface area (Å²) < 4.78 is 4.79. The molecule has 1 heterocycles. The lowest BCUT2D eigenvalue weighted by Gasteiger charge is -2.17. The molecule has 1 aliphatic heterocycles. The van der Waals surface area contributed by atoms with Crippen molar-refractivity contribution in [3.63, 3.8) is 0 Å². The Morgan fingerprint density at radius 3 is 2.79 bits per heavy atom. The second-order valence-corrected chi connectivity index (χ2v) is 5.22. The van der Waals surface area contributed by atoms with E-state index in [-0.39, 0.29) is 36.8 Å². The third-order valence-electron chi connectivity index (χ3n) is 2.19. The monoisotopic (exact) mass is 286 g/mol. The van der Waals surface area contributed by atoms with Gasteiger partial charge in [-0.25, -0.2) is 4.79 Å². The number of nitrogens with one attached hydrogen (secondary N) is 1. The van der Waals surface area contributed by atoms with Gasteiger partial charge in [0.25, 0.3) is 0 Å². The Balaban J connectivity index is 2.69. The minimum Gasteiger partial charge on any atom is -0.463 e. The van der Waals surface area contributed by atoms with Crippen LogP contribution in [0.4, 0.5) is 0 Å². The molecule has 1 saturated heterocycles. The van der Waals surface area contributed by atoms with Crippen LogP contribution < -0.4 is 5.32 Å². The number of esters is 1. The van der Waals surface area contributed by atoms with Gasteiger partial charge in [-0.05, 0) is 20.8 Å². The van der Waals surface area contributed by atoms with Crippen LogP contribution in [0.15, 0.2) is 11.1 Å². The molecule has 1 fully saturated rings. The van der Waals surface area contributed by atoms with Gasteiger partial charge in [-0.2, -0.15) is 0 Å². The lowest BCUT2D eigenvalue weighted by molar-refractivity contribution is -0.137. The van der Waals surface area contributed by atoms with E-state index >= 15 is 0 Å². The Morgan fingerprint density at radius 2 is 2.21 bits per heavy atom. The molecule has 0 atom stereocenters. The van der Waals surface area contributed by atoms with E-state index in [4.69, 9.17) is 4.74 Å². The van der Waals surface area contributed by atoms with Gasteiger partial charge in [-0.15, -0.1) is 0 Å². The molecule has 0 spiro atoms. The molecule has 0 unspecified atom stereocenters. The lowest BCUT2D eigenvalue weighted by Crippen LogP contribution is -2.40. The molecule has 0 aromatic heterocycles. The minimum absolute atomic E-state index is 0.00958. The lowest BCUT2D eigenvalue weighted by atomic mass is 10.3. The van der Waals surface area contributed by atoms with Crippen LogP contribution >= 0.6 is 11.8 Å². The highest BCUT2D eigenvalue weighted by atomic mass is 32.2. The first-order chi connectivity index (χ1) is 8.93. The fraction of sp³-hybridized carbons (Fsp3) is 0.583. The van der Waals surface area contributed by atoms with Crippen LogP contribution in [0, 0.1) is 0 Å². The van der Waals surface area contributed by atoms with Crippen LogP contribution in [-0.2, 0) is 19.1 Å². The highest BCUT2D eigenvalue weighted by Gasteiger charge is 2.29. The average molecular weight is 286 g/mol. The third kappa shape index (κ3) is 4.94. The zero-order valence-corrected chi connectivity index (χ0v) is 12.1. The van der Waals surface area contributed by atoms with Gasteiger partial charge in [0.2, 0.25) is 11.8 Å². The fourth-order valence-corrected chi connectivity index (χ4v) is 2.43. The first-order valence-electron chi connectivity index (χ1n) is 6.05. The molecule has 7 heteroatoms. The maximum absolute atomic E-state index is 11.7. The molecule has 6 nitrogen and oxygen atoms in total. The number of carbonyl (C=O) groups is 3. The summed E-state index contributed by atoms with van der Waals surface area (Å²) >= 11 is 1.23. The van der Waals surface area contributed by atoms with Gasteiger partial charge >= 0.3 is 5.97 Å². The van der Waals surface area contributed by atoms with Gasteiger partial charge in [-0.1, -0.05) is 11.8 Å². The van der Waals surface area contributed by atoms with Crippen molar-refractivity contribution in [3.8, 4) is 0 Å². The van der Waals surface area contributed by atoms with Crippen LogP contribution in [0.1, 0.15) is 20.8 Å². The molecule has 106 valence electrons. The van der Waals surface area contributed by atoms with E-state index in [9.17, 15) is 14.4 Å². The number of hydrogen-bond donors (Lipinski definition) is 1. The Kier molecular flexibility index (Phi) is 5.88. The molecule has 0 aliphatic carbocycles. The summed E-state index contributed by atoms with van der Waals surface area (Å²) in [6.45, 7) is 5.59. The van der Waals surface area contributed by atoms with Crippen molar-refractivity contribution in [1.29, 1.82) is 0 Å². The van der Waals surface area contributed by atoms with Gasteiger partial charge in [0.1, 0.15) is 6.54 Å². The largest absolute Gasteiger partial charge is 0.463 e. The SMILES string of the molecule is CCOC(=O)C=C1SCC(=O)N1CC(=O)NC(C)C. The normalized spacial score (nSPS) is 17.2. The predicted octanol–water partition coefficient (Wildman–Crippen LogP) is 0.491. The molecule has 0 bridgehead atoms. The van der Waals surface area contributed by atoms with Crippen molar-refractivity contribution in [2.24, 2.45) is 0 Å². The van der Waals surface area contributed by atoms with Crippen LogP contribution in [0.25, 0.3) is 0 Å². The molecule has 0 radical (unpaired) electrons. The van der Waals surface area contributed by atoms with Gasteiger partial charge in [0.05, 0.1) is 23.5 Å². The third-order valence-corrected chi connectivity index (χ3v) is 3.22. The smallest absolute Gasteiger partial charge is 0.333 e. The molecule has 1 rings (SSSR count). The van der Waals surface area contributed by atoms with E-state index in [0.29, 0.717) is 5.03 Å². The molecule has 1 N–H and O–H groups in total. The topological polar surface area (TPSA) is 75.7 Å². The van der Waals surface area contributed by atoms with Crippen LogP contribution in [0.2, 0.25) is 0 Å². The maximum atomic E-state index is 11.7. The number of thioether (sulfide) groups is 1. The average Bonchev–Trinajstić information content (AvgIpc) is 2.60. The van der Waals surface area contributed by atoms with Crippen molar-refractivity contribution in [3.05, 3.63) is 11.1 Å². The standard InChI is InChI=1S/C12H18N2O4S/c1-4-18-12(17)5-11-14(10(16)7-19-11)6-9(15)13-8(2)3/h5,8H,4,6-7H2,1-3H3,(H,13,15). The summed E-state index contributed by atoms with van der Waals surface area (Å²) in [5.41, 5.74) is 0. The van der Waals surface area contributed by atoms with Crippen molar-refractivity contribution in [2.75, 3.05) is 18.9 Å². The van der Waals surface area contributed by atoms with E-state index in [2.05, 4.69) is 5.32 Å². The number of rotatable bonds is 5. The zero-order chi connectivity index (χ0) is 14.4. The highest BCUT2D eigenvalue weighted by molar-refractivity contribution is 8.04. The Hall–Kier alpha value is -1.50. The number of nitrogens with zero attached hydrogens (tertiary/aromatic N) is 1. The second-order valence-electron chi connectivity index (χ2n) is 4.23. The number of carbonyl (C=O) groups excluding carboxylic acids is 3. The molecule has 0 saturated carbocycles. The predicted molar refractivity (Wildman–Crippen MR) is 72.2 cm³/mol. The molecule has 0 aromatic rings. The van der Waals surface area contributed by atoms with Crippen LogP contribution in [-0.4, -0.2) is 47.6 Å². The van der Waals surface area contributed by atoms with Crippen molar-refractivity contribution in [2.45, 2.75) is 26.8 Å². The Bertz CT molecular complexity index is 407. The number of amides is 2. The molecule has 19 heavy (non-hydrogen) atoms.